The Morgan fingerprint density at radius 3 is 2.90 bits per heavy atom. The lowest BCUT2D eigenvalue weighted by Crippen LogP contribution is -2.42. The number of nitrogens with one attached hydrogen (secondary N) is 1. The summed E-state index contributed by atoms with van der Waals surface area (Å²) in [5, 5.41) is 7.65. The van der Waals surface area contributed by atoms with Crippen LogP contribution in [-0.4, -0.2) is 29.6 Å². The molecule has 1 radical (unpaired) electrons. The minimum atomic E-state index is 0.913. The van der Waals surface area contributed by atoms with Crippen molar-refractivity contribution < 1.29 is 0 Å². The molecule has 0 atom stereocenters. The normalized spacial score (nSPS) is 18.0. The first kappa shape index (κ1) is 7.34. The molecular weight excluding hydrogens is 128 g/mol. The molecule has 0 spiro atoms. The molecule has 1 rings (SSSR count). The molecule has 0 aromatic heterocycles. The van der Waals surface area contributed by atoms with E-state index in [1.807, 2.05) is 10.1 Å². The highest BCUT2D eigenvalue weighted by Gasteiger charge is 2.13. The Kier molecular flexibility index (Phi) is 2.50. The van der Waals surface area contributed by atoms with Gasteiger partial charge in [0.25, 0.3) is 0 Å². The lowest BCUT2D eigenvalue weighted by molar-refractivity contribution is 0.0248. The molecule has 1 aliphatic rings. The van der Waals surface area contributed by atoms with Gasteiger partial charge in [0, 0.05) is 13.1 Å². The fraction of sp³-hybridized carbons (Fsp3) is 0.833. The molecule has 0 aromatic carbocycles. The maximum Gasteiger partial charge on any atom is 0.212 e. The van der Waals surface area contributed by atoms with Crippen LogP contribution >= 0.6 is 0 Å². The van der Waals surface area contributed by atoms with Crippen LogP contribution in [0.3, 0.4) is 0 Å². The highest BCUT2D eigenvalue weighted by atomic mass is 15.9. The minimum absolute atomic E-state index is 0.913. The Morgan fingerprint density at radius 1 is 1.50 bits per heavy atom. The second kappa shape index (κ2) is 3.41. The van der Waals surface area contributed by atoms with Crippen LogP contribution in [0.5, 0.6) is 0 Å². The molecule has 1 heterocycles. The molecule has 57 valence electrons. The van der Waals surface area contributed by atoms with E-state index >= 15 is 0 Å². The van der Waals surface area contributed by atoms with Crippen molar-refractivity contribution in [2.75, 3.05) is 13.1 Å². The first-order valence-electron chi connectivity index (χ1n) is 3.64. The highest BCUT2D eigenvalue weighted by molar-refractivity contribution is 5.54. The molecule has 4 heteroatoms. The van der Waals surface area contributed by atoms with Gasteiger partial charge in [0.15, 0.2) is 0 Å². The standard InChI is InChI=1S/C6H13N4/c1-3-5-9-6-7-8-10(9)4-2/h8H,3-5H2,1-2H3. The van der Waals surface area contributed by atoms with Gasteiger partial charge >= 0.3 is 0 Å². The van der Waals surface area contributed by atoms with E-state index in [1.165, 1.54) is 0 Å². The quantitative estimate of drug-likeness (QED) is 0.612. The van der Waals surface area contributed by atoms with E-state index in [-0.39, 0.29) is 0 Å². The summed E-state index contributed by atoms with van der Waals surface area (Å²) >= 11 is 0. The molecule has 0 bridgehead atoms. The van der Waals surface area contributed by atoms with Crippen molar-refractivity contribution in [3.8, 4) is 0 Å². The summed E-state index contributed by atoms with van der Waals surface area (Å²) in [6.45, 7) is 6.09. The van der Waals surface area contributed by atoms with E-state index in [9.17, 15) is 0 Å². The van der Waals surface area contributed by atoms with Gasteiger partial charge in [-0.15, -0.1) is 10.2 Å². The molecule has 1 N–H and O–H groups in total. The van der Waals surface area contributed by atoms with Crippen molar-refractivity contribution in [3.63, 3.8) is 0 Å². The number of hydrogen-bond acceptors (Lipinski definition) is 4. The SMILES string of the molecule is CCCN1[C]=NNN1CC. The lowest BCUT2D eigenvalue weighted by atomic mass is 10.5. The topological polar surface area (TPSA) is 30.9 Å². The smallest absolute Gasteiger partial charge is 0.212 e. The fourth-order valence-corrected chi connectivity index (χ4v) is 0.870. The first-order valence-corrected chi connectivity index (χ1v) is 3.64. The Labute approximate surface area is 61.4 Å². The Hall–Kier alpha value is -0.770. The third-order valence-corrected chi connectivity index (χ3v) is 1.36. The van der Waals surface area contributed by atoms with Crippen LogP contribution in [0, 0.1) is 0 Å². The van der Waals surface area contributed by atoms with E-state index in [0.29, 0.717) is 0 Å². The van der Waals surface area contributed by atoms with Crippen LogP contribution in [-0.2, 0) is 0 Å². The van der Waals surface area contributed by atoms with Gasteiger partial charge in [-0.1, -0.05) is 6.92 Å². The molecule has 0 saturated heterocycles. The molecule has 0 amide bonds. The zero-order valence-corrected chi connectivity index (χ0v) is 6.46. The summed E-state index contributed by atoms with van der Waals surface area (Å²) < 4.78 is 0. The van der Waals surface area contributed by atoms with Crippen molar-refractivity contribution in [2.45, 2.75) is 20.3 Å². The molecule has 4 nitrogen and oxygen atoms in total. The van der Waals surface area contributed by atoms with Gasteiger partial charge in [0.05, 0.1) is 0 Å². The molecular formula is C6H13N4. The van der Waals surface area contributed by atoms with E-state index < -0.39 is 0 Å². The number of hydrazine groups is 2. The molecule has 0 fully saturated rings. The lowest BCUT2D eigenvalue weighted by Gasteiger charge is -2.23. The van der Waals surface area contributed by atoms with Gasteiger partial charge in [-0.3, -0.25) is 5.01 Å². The second-order valence-corrected chi connectivity index (χ2v) is 2.15. The summed E-state index contributed by atoms with van der Waals surface area (Å²) in [5.74, 6) is 0. The molecule has 0 unspecified atom stereocenters. The number of hydrazone groups is 1. The molecule has 1 aliphatic heterocycles. The summed E-state index contributed by atoms with van der Waals surface area (Å²) in [6, 6.07) is 0. The highest BCUT2D eigenvalue weighted by Crippen LogP contribution is 1.97. The van der Waals surface area contributed by atoms with Gasteiger partial charge in [-0.2, -0.15) is 0 Å². The monoisotopic (exact) mass is 141 g/mol. The molecule has 0 aromatic rings. The van der Waals surface area contributed by atoms with Gasteiger partial charge in [0.2, 0.25) is 6.34 Å². The van der Waals surface area contributed by atoms with Crippen molar-refractivity contribution >= 4 is 6.34 Å². The van der Waals surface area contributed by atoms with Gasteiger partial charge in [0.1, 0.15) is 0 Å². The predicted molar refractivity (Wildman–Crippen MR) is 39.9 cm³/mol. The third-order valence-electron chi connectivity index (χ3n) is 1.36. The Morgan fingerprint density at radius 2 is 2.30 bits per heavy atom. The van der Waals surface area contributed by atoms with Crippen LogP contribution in [0.4, 0.5) is 0 Å². The van der Waals surface area contributed by atoms with Gasteiger partial charge < -0.3 is 0 Å². The van der Waals surface area contributed by atoms with Crippen LogP contribution in [0.1, 0.15) is 20.3 Å². The zero-order valence-electron chi connectivity index (χ0n) is 6.46. The summed E-state index contributed by atoms with van der Waals surface area (Å²) in [5.41, 5.74) is 2.81. The predicted octanol–water partition coefficient (Wildman–Crippen LogP) is 0.274. The fourth-order valence-electron chi connectivity index (χ4n) is 0.870. The van der Waals surface area contributed by atoms with Crippen molar-refractivity contribution in [3.05, 3.63) is 0 Å². The first-order chi connectivity index (χ1) is 4.88. The second-order valence-electron chi connectivity index (χ2n) is 2.15. The Bertz CT molecular complexity index is 123. The van der Waals surface area contributed by atoms with Crippen LogP contribution in [0.2, 0.25) is 0 Å². The third kappa shape index (κ3) is 1.39. The number of hydrogen-bond donors (Lipinski definition) is 1. The van der Waals surface area contributed by atoms with E-state index in [4.69, 9.17) is 0 Å². The molecule has 0 saturated carbocycles. The molecule has 0 aliphatic carbocycles. The Balaban J connectivity index is 2.33. The van der Waals surface area contributed by atoms with Crippen LogP contribution in [0.25, 0.3) is 0 Å². The average molecular weight is 141 g/mol. The van der Waals surface area contributed by atoms with Gasteiger partial charge in [-0.05, 0) is 13.3 Å². The van der Waals surface area contributed by atoms with Crippen molar-refractivity contribution in [1.29, 1.82) is 0 Å². The van der Waals surface area contributed by atoms with E-state index in [1.54, 1.807) is 0 Å². The largest absolute Gasteiger partial charge is 0.266 e. The van der Waals surface area contributed by atoms with Crippen LogP contribution < -0.4 is 5.53 Å². The average Bonchev–Trinajstić information content (AvgIpc) is 2.36. The van der Waals surface area contributed by atoms with Crippen LogP contribution in [0.15, 0.2) is 5.10 Å². The summed E-state index contributed by atoms with van der Waals surface area (Å²) in [4.78, 5) is 0. The summed E-state index contributed by atoms with van der Waals surface area (Å²) in [6.07, 6.45) is 3.94. The minimum Gasteiger partial charge on any atom is -0.266 e. The van der Waals surface area contributed by atoms with E-state index in [0.717, 1.165) is 19.5 Å². The maximum atomic E-state index is 3.79. The van der Waals surface area contributed by atoms with Crippen molar-refractivity contribution in [2.24, 2.45) is 5.10 Å². The number of nitrogens with zero attached hydrogens (tertiary/aromatic N) is 3. The van der Waals surface area contributed by atoms with E-state index in [2.05, 4.69) is 30.8 Å². The van der Waals surface area contributed by atoms with Crippen molar-refractivity contribution in [1.82, 2.24) is 15.7 Å². The number of rotatable bonds is 3. The molecule has 10 heavy (non-hydrogen) atoms. The zero-order chi connectivity index (χ0) is 7.40. The van der Waals surface area contributed by atoms with Gasteiger partial charge in [-0.25, -0.2) is 5.53 Å². The maximum absolute atomic E-state index is 3.79. The summed E-state index contributed by atoms with van der Waals surface area (Å²) in [7, 11) is 0.